The number of nitrogens with one attached hydrogen (secondary N) is 1. The van der Waals surface area contributed by atoms with Gasteiger partial charge in [0.1, 0.15) is 0 Å². The molecule has 2 rings (SSSR count). The second kappa shape index (κ2) is 5.07. The maximum atomic E-state index is 13.4. The molecule has 2 aromatic carbocycles. The van der Waals surface area contributed by atoms with Gasteiger partial charge in [0.25, 0.3) is 0 Å². The molecule has 0 aliphatic rings. The summed E-state index contributed by atoms with van der Waals surface area (Å²) in [6, 6.07) is 5.51. The van der Waals surface area contributed by atoms with Crippen LogP contribution in [0.1, 0.15) is 5.56 Å². The molecule has 0 aliphatic heterocycles. The zero-order chi connectivity index (χ0) is 14.9. The maximum Gasteiger partial charge on any atom is 0.416 e. The van der Waals surface area contributed by atoms with E-state index < -0.39 is 34.9 Å². The van der Waals surface area contributed by atoms with Gasteiger partial charge in [0.2, 0.25) is 0 Å². The van der Waals surface area contributed by atoms with Crippen molar-refractivity contribution in [1.82, 2.24) is 0 Å². The molecule has 1 N–H and O–H groups in total. The molecule has 7 heteroatoms. The summed E-state index contributed by atoms with van der Waals surface area (Å²) in [5, 5.41) is 2.27. The molecule has 20 heavy (non-hydrogen) atoms. The van der Waals surface area contributed by atoms with E-state index in [4.69, 9.17) is 0 Å². The van der Waals surface area contributed by atoms with Gasteiger partial charge in [-0.2, -0.15) is 13.2 Å². The van der Waals surface area contributed by atoms with E-state index in [1.807, 2.05) is 0 Å². The number of halogens is 6. The van der Waals surface area contributed by atoms with Gasteiger partial charge in [-0.05, 0) is 30.3 Å². The molecule has 0 heterocycles. The van der Waals surface area contributed by atoms with Crippen molar-refractivity contribution in [3.8, 4) is 0 Å². The van der Waals surface area contributed by atoms with Gasteiger partial charge < -0.3 is 5.32 Å². The zero-order valence-corrected chi connectivity index (χ0v) is 9.73. The Bertz CT molecular complexity index is 635. The predicted molar refractivity (Wildman–Crippen MR) is 61.0 cm³/mol. The molecule has 0 atom stereocenters. The third-order valence-electron chi connectivity index (χ3n) is 2.50. The highest BCUT2D eigenvalue weighted by Gasteiger charge is 2.30. The minimum absolute atomic E-state index is 0.0928. The van der Waals surface area contributed by atoms with Crippen LogP contribution in [0.2, 0.25) is 0 Å². The molecular weight excluding hydrogens is 284 g/mol. The van der Waals surface area contributed by atoms with Crippen molar-refractivity contribution in [1.29, 1.82) is 0 Å². The van der Waals surface area contributed by atoms with Crippen molar-refractivity contribution < 1.29 is 26.3 Å². The average Bonchev–Trinajstić information content (AvgIpc) is 2.39. The van der Waals surface area contributed by atoms with E-state index in [-0.39, 0.29) is 5.69 Å². The summed E-state index contributed by atoms with van der Waals surface area (Å²) < 4.78 is 76.6. The van der Waals surface area contributed by atoms with Crippen LogP contribution in [0.3, 0.4) is 0 Å². The molecule has 0 aliphatic carbocycles. The van der Waals surface area contributed by atoms with Crippen LogP contribution in [0.5, 0.6) is 0 Å². The Morgan fingerprint density at radius 3 is 2.20 bits per heavy atom. The Morgan fingerprint density at radius 1 is 0.850 bits per heavy atom. The van der Waals surface area contributed by atoms with Gasteiger partial charge >= 0.3 is 6.18 Å². The fourth-order valence-corrected chi connectivity index (χ4v) is 1.55. The first-order valence-corrected chi connectivity index (χ1v) is 5.37. The third kappa shape index (κ3) is 2.87. The molecule has 0 aromatic heterocycles. The lowest BCUT2D eigenvalue weighted by Crippen LogP contribution is -2.05. The summed E-state index contributed by atoms with van der Waals surface area (Å²) in [6.45, 7) is 0. The van der Waals surface area contributed by atoms with Crippen LogP contribution in [0.15, 0.2) is 36.4 Å². The summed E-state index contributed by atoms with van der Waals surface area (Å²) in [7, 11) is 0. The Labute approximate surface area is 109 Å². The molecule has 0 bridgehead atoms. The number of alkyl halides is 3. The number of anilines is 2. The van der Waals surface area contributed by atoms with Gasteiger partial charge in [0.15, 0.2) is 17.5 Å². The summed E-state index contributed by atoms with van der Waals surface area (Å²) in [6.07, 6.45) is -4.55. The SMILES string of the molecule is Fc1ccc(Nc2cccc(C(F)(F)F)c2)c(F)c1F. The molecule has 0 unspecified atom stereocenters. The maximum absolute atomic E-state index is 13.4. The van der Waals surface area contributed by atoms with Crippen LogP contribution in [0.25, 0.3) is 0 Å². The molecule has 0 amide bonds. The van der Waals surface area contributed by atoms with Crippen LogP contribution in [0.4, 0.5) is 37.7 Å². The van der Waals surface area contributed by atoms with E-state index in [2.05, 4.69) is 5.32 Å². The quantitative estimate of drug-likeness (QED) is 0.615. The lowest BCUT2D eigenvalue weighted by Gasteiger charge is -2.11. The fraction of sp³-hybridized carbons (Fsp3) is 0.0769. The highest BCUT2D eigenvalue weighted by atomic mass is 19.4. The van der Waals surface area contributed by atoms with E-state index in [0.717, 1.165) is 24.3 Å². The van der Waals surface area contributed by atoms with Crippen LogP contribution in [-0.2, 0) is 6.18 Å². The van der Waals surface area contributed by atoms with Crippen molar-refractivity contribution in [2.45, 2.75) is 6.18 Å². The molecule has 1 nitrogen and oxygen atoms in total. The summed E-state index contributed by atoms with van der Waals surface area (Å²) >= 11 is 0. The average molecular weight is 291 g/mol. The Kier molecular flexibility index (Phi) is 3.61. The van der Waals surface area contributed by atoms with Crippen molar-refractivity contribution in [3.05, 3.63) is 59.4 Å². The van der Waals surface area contributed by atoms with E-state index in [0.29, 0.717) is 6.07 Å². The van der Waals surface area contributed by atoms with Crippen LogP contribution >= 0.6 is 0 Å². The highest BCUT2D eigenvalue weighted by Crippen LogP contribution is 2.32. The molecule has 0 radical (unpaired) electrons. The first-order valence-electron chi connectivity index (χ1n) is 5.37. The molecule has 0 saturated carbocycles. The molecule has 0 saturated heterocycles. The second-order valence-electron chi connectivity index (χ2n) is 3.93. The minimum atomic E-state index is -4.55. The lowest BCUT2D eigenvalue weighted by atomic mass is 10.2. The number of hydrogen-bond donors (Lipinski definition) is 1. The first kappa shape index (κ1) is 14.2. The van der Waals surface area contributed by atoms with E-state index >= 15 is 0 Å². The monoisotopic (exact) mass is 291 g/mol. The summed E-state index contributed by atoms with van der Waals surface area (Å²) in [4.78, 5) is 0. The van der Waals surface area contributed by atoms with E-state index in [9.17, 15) is 26.3 Å². The normalized spacial score (nSPS) is 11.5. The smallest absolute Gasteiger partial charge is 0.353 e. The number of hydrogen-bond acceptors (Lipinski definition) is 1. The van der Waals surface area contributed by atoms with Gasteiger partial charge in [-0.25, -0.2) is 13.2 Å². The van der Waals surface area contributed by atoms with Crippen molar-refractivity contribution in [2.75, 3.05) is 5.32 Å². The predicted octanol–water partition coefficient (Wildman–Crippen LogP) is 4.87. The van der Waals surface area contributed by atoms with Gasteiger partial charge in [0.05, 0.1) is 11.3 Å². The van der Waals surface area contributed by atoms with Gasteiger partial charge in [-0.15, -0.1) is 0 Å². The summed E-state index contributed by atoms with van der Waals surface area (Å²) in [5.41, 5.74) is -1.49. The van der Waals surface area contributed by atoms with Crippen molar-refractivity contribution >= 4 is 11.4 Å². The molecule has 106 valence electrons. The van der Waals surface area contributed by atoms with E-state index in [1.54, 1.807) is 0 Å². The Balaban J connectivity index is 2.34. The molecule has 2 aromatic rings. The van der Waals surface area contributed by atoms with Gasteiger partial charge in [-0.3, -0.25) is 0 Å². The van der Waals surface area contributed by atoms with Crippen molar-refractivity contribution in [2.24, 2.45) is 0 Å². The highest BCUT2D eigenvalue weighted by molar-refractivity contribution is 5.61. The Morgan fingerprint density at radius 2 is 1.55 bits per heavy atom. The third-order valence-corrected chi connectivity index (χ3v) is 2.50. The van der Waals surface area contributed by atoms with Crippen molar-refractivity contribution in [3.63, 3.8) is 0 Å². The molecular formula is C13H7F6N. The van der Waals surface area contributed by atoms with Gasteiger partial charge in [-0.1, -0.05) is 6.07 Å². The van der Waals surface area contributed by atoms with E-state index in [1.165, 1.54) is 6.07 Å². The zero-order valence-electron chi connectivity index (χ0n) is 9.73. The minimum Gasteiger partial charge on any atom is -0.353 e. The van der Waals surface area contributed by atoms with Gasteiger partial charge in [0, 0.05) is 5.69 Å². The topological polar surface area (TPSA) is 12.0 Å². The Hall–Kier alpha value is -2.18. The van der Waals surface area contributed by atoms with Crippen LogP contribution < -0.4 is 5.32 Å². The standard InChI is InChI=1S/C13H7F6N/c14-9-4-5-10(12(16)11(9)15)20-8-3-1-2-7(6-8)13(17,18)19/h1-6,20H. The number of benzene rings is 2. The lowest BCUT2D eigenvalue weighted by molar-refractivity contribution is -0.137. The largest absolute Gasteiger partial charge is 0.416 e. The van der Waals surface area contributed by atoms with Crippen LogP contribution in [0, 0.1) is 17.5 Å². The molecule has 0 fully saturated rings. The number of rotatable bonds is 2. The molecule has 0 spiro atoms. The van der Waals surface area contributed by atoms with Crippen LogP contribution in [-0.4, -0.2) is 0 Å². The summed E-state index contributed by atoms with van der Waals surface area (Å²) in [5.74, 6) is -4.57. The second-order valence-corrected chi connectivity index (χ2v) is 3.93. The fourth-order valence-electron chi connectivity index (χ4n) is 1.55. The first-order chi connectivity index (χ1) is 9.29.